The third kappa shape index (κ3) is 7.48. The normalized spacial score (nSPS) is 14.8. The van der Waals surface area contributed by atoms with Crippen LogP contribution in [0.2, 0.25) is 0 Å². The number of hydrogen-bond donors (Lipinski definition) is 3. The number of esters is 1. The number of nitrogens with one attached hydrogen (secondary N) is 3. The monoisotopic (exact) mass is 620 g/mol. The molecule has 0 aliphatic carbocycles. The molecule has 0 saturated heterocycles. The predicted octanol–water partition coefficient (Wildman–Crippen LogP) is 6.59. The first kappa shape index (κ1) is 31.9. The number of nitriles is 1. The van der Waals surface area contributed by atoms with Crippen molar-refractivity contribution < 1.29 is 32.3 Å². The second kappa shape index (κ2) is 14.0. The number of alkyl halides is 3. The van der Waals surface area contributed by atoms with Gasteiger partial charge < -0.3 is 20.7 Å². The van der Waals surface area contributed by atoms with Crippen molar-refractivity contribution in [3.63, 3.8) is 0 Å². The quantitative estimate of drug-likeness (QED) is 0.231. The number of allylic oxidation sites excluding steroid dienone is 2. The highest BCUT2D eigenvalue weighted by Crippen LogP contribution is 2.41. The van der Waals surface area contributed by atoms with E-state index in [9.17, 15) is 32.8 Å². The van der Waals surface area contributed by atoms with E-state index in [1.54, 1.807) is 56.3 Å². The molecule has 0 aromatic heterocycles. The number of para-hydroxylation sites is 1. The molecular formula is C32H27F3N4O4S. The van der Waals surface area contributed by atoms with Gasteiger partial charge in [-0.2, -0.15) is 18.4 Å². The maximum Gasteiger partial charge on any atom is 0.418 e. The van der Waals surface area contributed by atoms with Gasteiger partial charge in [0.1, 0.15) is 0 Å². The Bertz CT molecular complexity index is 1660. The molecule has 1 heterocycles. The molecule has 0 radical (unpaired) electrons. The van der Waals surface area contributed by atoms with Crippen LogP contribution >= 0.6 is 11.8 Å². The van der Waals surface area contributed by atoms with Crippen molar-refractivity contribution in [2.24, 2.45) is 0 Å². The van der Waals surface area contributed by atoms with Crippen LogP contribution in [0.4, 0.5) is 24.5 Å². The summed E-state index contributed by atoms with van der Waals surface area (Å²) >= 11 is 0.942. The van der Waals surface area contributed by atoms with Crippen LogP contribution in [-0.2, 0) is 20.5 Å². The first-order chi connectivity index (χ1) is 21.0. The van der Waals surface area contributed by atoms with Crippen LogP contribution in [0.15, 0.2) is 101 Å². The highest BCUT2D eigenvalue weighted by molar-refractivity contribution is 8.03. The van der Waals surface area contributed by atoms with Crippen molar-refractivity contribution in [1.29, 1.82) is 5.26 Å². The van der Waals surface area contributed by atoms with E-state index in [1.807, 2.05) is 0 Å². The number of thioether (sulfide) groups is 1. The van der Waals surface area contributed by atoms with Gasteiger partial charge in [0.25, 0.3) is 5.91 Å². The van der Waals surface area contributed by atoms with Gasteiger partial charge in [0.05, 0.1) is 51.8 Å². The maximum atomic E-state index is 13.6. The van der Waals surface area contributed by atoms with E-state index in [-0.39, 0.29) is 29.2 Å². The van der Waals surface area contributed by atoms with Crippen molar-refractivity contribution >= 4 is 40.9 Å². The Balaban J connectivity index is 1.58. The number of dihydropyridines is 1. The molecule has 1 aliphatic heterocycles. The second-order valence-electron chi connectivity index (χ2n) is 9.49. The fourth-order valence-electron chi connectivity index (χ4n) is 4.57. The lowest BCUT2D eigenvalue weighted by Gasteiger charge is -2.30. The largest absolute Gasteiger partial charge is 0.462 e. The molecule has 8 nitrogen and oxygen atoms in total. The van der Waals surface area contributed by atoms with Gasteiger partial charge in [-0.3, -0.25) is 9.59 Å². The van der Waals surface area contributed by atoms with E-state index < -0.39 is 35.4 Å². The summed E-state index contributed by atoms with van der Waals surface area (Å²) in [5.41, 5.74) is 0.883. The van der Waals surface area contributed by atoms with Crippen LogP contribution in [0.3, 0.4) is 0 Å². The number of carbonyl (C=O) groups excluding carboxylic acids is 3. The zero-order valence-electron chi connectivity index (χ0n) is 23.6. The molecule has 0 fully saturated rings. The van der Waals surface area contributed by atoms with Gasteiger partial charge >= 0.3 is 12.1 Å². The maximum absolute atomic E-state index is 13.6. The number of benzene rings is 3. The summed E-state index contributed by atoms with van der Waals surface area (Å²) in [5, 5.41) is 18.7. The number of ether oxygens (including phenoxy) is 1. The molecule has 1 atom stereocenters. The number of nitrogens with zero attached hydrogens (tertiary/aromatic N) is 1. The van der Waals surface area contributed by atoms with Crippen molar-refractivity contribution in [2.75, 3.05) is 23.0 Å². The Labute approximate surface area is 256 Å². The van der Waals surface area contributed by atoms with Crippen LogP contribution in [-0.4, -0.2) is 30.1 Å². The number of hydrogen-bond acceptors (Lipinski definition) is 7. The molecule has 4 rings (SSSR count). The fourth-order valence-corrected chi connectivity index (χ4v) is 5.46. The zero-order valence-corrected chi connectivity index (χ0v) is 24.4. The lowest BCUT2D eigenvalue weighted by molar-refractivity contribution is -0.137. The SMILES string of the molecule is CCOC(=O)c1ccc(NC(=O)C2=C(C)NC(SCC(=O)Nc3ccccc3C(F)(F)F)=C(C#N)C2c2ccccc2)cc1. The molecule has 3 aromatic carbocycles. The van der Waals surface area contributed by atoms with Crippen molar-refractivity contribution in [3.8, 4) is 6.07 Å². The van der Waals surface area contributed by atoms with E-state index in [0.29, 0.717) is 27.5 Å². The number of carbonyl (C=O) groups is 3. The third-order valence-electron chi connectivity index (χ3n) is 6.53. The van der Waals surface area contributed by atoms with Gasteiger partial charge in [-0.25, -0.2) is 4.79 Å². The van der Waals surface area contributed by atoms with E-state index >= 15 is 0 Å². The Morgan fingerprint density at radius 1 is 0.977 bits per heavy atom. The molecule has 12 heteroatoms. The molecule has 1 unspecified atom stereocenters. The van der Waals surface area contributed by atoms with Gasteiger partial charge in [-0.1, -0.05) is 54.2 Å². The minimum Gasteiger partial charge on any atom is -0.462 e. The molecule has 0 bridgehead atoms. The summed E-state index contributed by atoms with van der Waals surface area (Å²) in [5.74, 6) is -2.80. The van der Waals surface area contributed by atoms with Crippen molar-refractivity contribution in [3.05, 3.63) is 117 Å². The molecule has 3 N–H and O–H groups in total. The molecule has 1 aliphatic rings. The molecule has 0 saturated carbocycles. The first-order valence-electron chi connectivity index (χ1n) is 13.4. The Kier molecular flexibility index (Phi) is 10.1. The molecule has 3 aromatic rings. The van der Waals surface area contributed by atoms with Gasteiger partial charge in [0.15, 0.2) is 0 Å². The zero-order chi connectivity index (χ0) is 31.9. The van der Waals surface area contributed by atoms with Crippen LogP contribution < -0.4 is 16.0 Å². The highest BCUT2D eigenvalue weighted by atomic mass is 32.2. The van der Waals surface area contributed by atoms with Crippen LogP contribution in [0.25, 0.3) is 0 Å². The molecule has 0 spiro atoms. The second-order valence-corrected chi connectivity index (χ2v) is 10.5. The summed E-state index contributed by atoms with van der Waals surface area (Å²) in [4.78, 5) is 38.3. The average Bonchev–Trinajstić information content (AvgIpc) is 3.00. The molecule has 226 valence electrons. The summed E-state index contributed by atoms with van der Waals surface area (Å²) in [6, 6.07) is 21.8. The van der Waals surface area contributed by atoms with Gasteiger partial charge in [0.2, 0.25) is 5.91 Å². The Hall–Kier alpha value is -5.02. The lowest BCUT2D eigenvalue weighted by Crippen LogP contribution is -2.31. The minimum atomic E-state index is -4.65. The first-order valence-corrected chi connectivity index (χ1v) is 14.4. The average molecular weight is 621 g/mol. The smallest absolute Gasteiger partial charge is 0.418 e. The molecule has 44 heavy (non-hydrogen) atoms. The summed E-state index contributed by atoms with van der Waals surface area (Å²) in [6.07, 6.45) is -4.65. The van der Waals surface area contributed by atoms with Crippen LogP contribution in [0.5, 0.6) is 0 Å². The Morgan fingerprint density at radius 3 is 2.27 bits per heavy atom. The standard InChI is InChI=1S/C32H27F3N4O4S/c1-3-43-31(42)21-13-15-22(16-14-21)38-29(41)27-19(2)37-30(23(17-36)28(27)20-9-5-4-6-10-20)44-18-26(40)39-25-12-8-7-11-24(25)32(33,34)35/h4-16,28,37H,3,18H2,1-2H3,(H,38,41)(H,39,40). The Morgan fingerprint density at radius 2 is 1.64 bits per heavy atom. The lowest BCUT2D eigenvalue weighted by atomic mass is 9.82. The fraction of sp³-hybridized carbons (Fsp3) is 0.188. The third-order valence-corrected chi connectivity index (χ3v) is 7.55. The molecule has 2 amide bonds. The molecular weight excluding hydrogens is 593 g/mol. The van der Waals surface area contributed by atoms with E-state index in [1.165, 1.54) is 24.3 Å². The number of halogens is 3. The summed E-state index contributed by atoms with van der Waals surface area (Å²) < 4.78 is 45.1. The van der Waals surface area contributed by atoms with Crippen molar-refractivity contribution in [1.82, 2.24) is 5.32 Å². The number of amides is 2. The van der Waals surface area contributed by atoms with Gasteiger partial charge in [-0.05, 0) is 55.8 Å². The topological polar surface area (TPSA) is 120 Å². The summed E-state index contributed by atoms with van der Waals surface area (Å²) in [6.45, 7) is 3.58. The minimum absolute atomic E-state index is 0.165. The van der Waals surface area contributed by atoms with Crippen LogP contribution in [0, 0.1) is 11.3 Å². The van der Waals surface area contributed by atoms with Gasteiger partial charge in [-0.15, -0.1) is 0 Å². The highest BCUT2D eigenvalue weighted by Gasteiger charge is 2.36. The van der Waals surface area contributed by atoms with Gasteiger partial charge in [0, 0.05) is 17.0 Å². The summed E-state index contributed by atoms with van der Waals surface area (Å²) in [7, 11) is 0. The predicted molar refractivity (Wildman–Crippen MR) is 161 cm³/mol. The van der Waals surface area contributed by atoms with E-state index in [2.05, 4.69) is 22.0 Å². The van der Waals surface area contributed by atoms with Crippen molar-refractivity contribution in [2.45, 2.75) is 25.9 Å². The number of anilines is 2. The van der Waals surface area contributed by atoms with E-state index in [0.717, 1.165) is 23.9 Å². The van der Waals surface area contributed by atoms with E-state index in [4.69, 9.17) is 4.74 Å². The van der Waals surface area contributed by atoms with Crippen LogP contribution in [0.1, 0.15) is 41.3 Å². The number of rotatable bonds is 9.